The molecule has 0 aliphatic rings. The lowest BCUT2D eigenvalue weighted by molar-refractivity contribution is -0.616. The number of benzene rings is 1. The number of alkyl halides is 3. The molecule has 1 heterocycles. The van der Waals surface area contributed by atoms with Crippen LogP contribution in [-0.4, -0.2) is 4.98 Å². The van der Waals surface area contributed by atoms with Crippen LogP contribution in [0.15, 0.2) is 18.2 Å². The maximum atomic E-state index is 13.2. The number of halogens is 5. The van der Waals surface area contributed by atoms with Gasteiger partial charge in [-0.25, -0.2) is 4.73 Å². The third-order valence-electron chi connectivity index (χ3n) is 2.63. The molecule has 0 spiro atoms. The van der Waals surface area contributed by atoms with Crippen LogP contribution in [0.1, 0.15) is 5.69 Å². The van der Waals surface area contributed by atoms with Crippen LogP contribution < -0.4 is 16.2 Å². The lowest BCUT2D eigenvalue weighted by Crippen LogP contribution is -2.41. The molecule has 0 radical (unpaired) electrons. The van der Waals surface area contributed by atoms with Crippen LogP contribution in [0.4, 0.5) is 24.9 Å². The number of nitrogens with zero attached hydrogens (tertiary/aromatic N) is 2. The number of rotatable bonds is 1. The first-order chi connectivity index (χ1) is 9.64. The van der Waals surface area contributed by atoms with Gasteiger partial charge >= 0.3 is 12.1 Å². The molecule has 21 heavy (non-hydrogen) atoms. The van der Waals surface area contributed by atoms with Crippen molar-refractivity contribution >= 4 is 35.0 Å². The average Bonchev–Trinajstić information content (AvgIpc) is 2.36. The van der Waals surface area contributed by atoms with Crippen LogP contribution in [0.25, 0.3) is 11.1 Å². The molecule has 0 aliphatic carbocycles. The van der Waals surface area contributed by atoms with E-state index in [0.717, 1.165) is 0 Å². The molecule has 112 valence electrons. The van der Waals surface area contributed by atoms with E-state index in [-0.39, 0.29) is 15.6 Å². The SMILES string of the molecule is Nc1nc(N)[n+]([O-])c(C(F)(F)F)c1-c1cccc(Cl)c1Cl. The number of hydrogen-bond acceptors (Lipinski definition) is 4. The van der Waals surface area contributed by atoms with Gasteiger partial charge in [-0.15, -0.1) is 0 Å². The highest BCUT2D eigenvalue weighted by Crippen LogP contribution is 2.42. The van der Waals surface area contributed by atoms with E-state index in [0.29, 0.717) is 0 Å². The Labute approximate surface area is 126 Å². The maximum absolute atomic E-state index is 13.2. The summed E-state index contributed by atoms with van der Waals surface area (Å²) < 4.78 is 38.9. The number of nitrogens with two attached hydrogens (primary N) is 2. The largest absolute Gasteiger partial charge is 0.740 e. The molecule has 2 rings (SSSR count). The summed E-state index contributed by atoms with van der Waals surface area (Å²) in [5.41, 5.74) is 8.20. The van der Waals surface area contributed by atoms with Crippen LogP contribution >= 0.6 is 23.2 Å². The topological polar surface area (TPSA) is 91.9 Å². The van der Waals surface area contributed by atoms with Gasteiger partial charge in [-0.05, 0) is 6.07 Å². The summed E-state index contributed by atoms with van der Waals surface area (Å²) in [7, 11) is 0. The molecule has 1 aromatic carbocycles. The summed E-state index contributed by atoms with van der Waals surface area (Å²) in [6, 6.07) is 3.99. The van der Waals surface area contributed by atoms with Gasteiger partial charge in [0.15, 0.2) is 5.69 Å². The summed E-state index contributed by atoms with van der Waals surface area (Å²) in [6.45, 7) is 0. The molecule has 10 heteroatoms. The Morgan fingerprint density at radius 1 is 1.19 bits per heavy atom. The smallest absolute Gasteiger partial charge is 0.446 e. The molecule has 0 atom stereocenters. The number of aromatic nitrogens is 2. The van der Waals surface area contributed by atoms with Crippen molar-refractivity contribution in [3.8, 4) is 11.1 Å². The Bertz CT molecular complexity index is 722. The Morgan fingerprint density at radius 3 is 2.38 bits per heavy atom. The summed E-state index contributed by atoms with van der Waals surface area (Å²) in [5.74, 6) is -1.49. The number of anilines is 2. The van der Waals surface area contributed by atoms with Crippen LogP contribution in [0, 0.1) is 5.21 Å². The van der Waals surface area contributed by atoms with Gasteiger partial charge < -0.3 is 10.9 Å². The van der Waals surface area contributed by atoms with E-state index >= 15 is 0 Å². The highest BCUT2D eigenvalue weighted by atomic mass is 35.5. The van der Waals surface area contributed by atoms with Gasteiger partial charge in [-0.1, -0.05) is 40.3 Å². The molecule has 0 unspecified atom stereocenters. The van der Waals surface area contributed by atoms with Gasteiger partial charge in [0.05, 0.1) is 15.6 Å². The van der Waals surface area contributed by atoms with Crippen molar-refractivity contribution in [2.45, 2.75) is 6.18 Å². The minimum atomic E-state index is -5.01. The Hall–Kier alpha value is -1.93. The fraction of sp³-hybridized carbons (Fsp3) is 0.0909. The Kier molecular flexibility index (Phi) is 3.77. The van der Waals surface area contributed by atoms with Crippen LogP contribution in [0.3, 0.4) is 0 Å². The van der Waals surface area contributed by atoms with E-state index in [1.54, 1.807) is 0 Å². The van der Waals surface area contributed by atoms with Gasteiger partial charge in [0.25, 0.3) is 0 Å². The van der Waals surface area contributed by atoms with Crippen molar-refractivity contribution in [2.24, 2.45) is 0 Å². The van der Waals surface area contributed by atoms with Crippen molar-refractivity contribution < 1.29 is 17.9 Å². The van der Waals surface area contributed by atoms with E-state index in [1.165, 1.54) is 18.2 Å². The molecular formula is C11H7Cl2F3N4O. The predicted octanol–water partition coefficient (Wildman–Crippen LogP) is 2.87. The minimum Gasteiger partial charge on any atom is -0.740 e. The Morgan fingerprint density at radius 2 is 1.81 bits per heavy atom. The highest BCUT2D eigenvalue weighted by molar-refractivity contribution is 6.43. The molecule has 0 saturated carbocycles. The zero-order valence-corrected chi connectivity index (χ0v) is 11.6. The molecule has 1 aromatic heterocycles. The van der Waals surface area contributed by atoms with E-state index < -0.39 is 33.9 Å². The van der Waals surface area contributed by atoms with Gasteiger partial charge in [0, 0.05) is 5.56 Å². The molecule has 2 aromatic rings. The first-order valence-electron chi connectivity index (χ1n) is 5.34. The summed E-state index contributed by atoms with van der Waals surface area (Å²) >= 11 is 11.7. The van der Waals surface area contributed by atoms with Gasteiger partial charge in [-0.2, -0.15) is 13.2 Å². The van der Waals surface area contributed by atoms with E-state index in [9.17, 15) is 18.4 Å². The first-order valence-corrected chi connectivity index (χ1v) is 6.10. The zero-order chi connectivity index (χ0) is 15.9. The molecule has 0 amide bonds. The average molecular weight is 339 g/mol. The molecule has 0 fully saturated rings. The second-order valence-corrected chi connectivity index (χ2v) is 4.76. The van der Waals surface area contributed by atoms with Crippen LogP contribution in [-0.2, 0) is 6.18 Å². The molecular weight excluding hydrogens is 332 g/mol. The second kappa shape index (κ2) is 5.12. The quantitative estimate of drug-likeness (QED) is 0.617. The summed E-state index contributed by atoms with van der Waals surface area (Å²) in [5, 5.41) is 11.5. The number of nitrogen functional groups attached to an aromatic ring is 2. The van der Waals surface area contributed by atoms with Gasteiger partial charge in [0.2, 0.25) is 5.82 Å². The molecule has 0 aliphatic heterocycles. The summed E-state index contributed by atoms with van der Waals surface area (Å²) in [6.07, 6.45) is -5.01. The van der Waals surface area contributed by atoms with Crippen molar-refractivity contribution in [1.82, 2.24) is 4.98 Å². The fourth-order valence-corrected chi connectivity index (χ4v) is 2.18. The standard InChI is InChI=1S/C11H7Cl2F3N4O/c12-5-3-1-2-4(7(5)13)6-8(11(14,15)16)20(21)10(18)19-9(6)17/h1-3H,(H4,17,18,19). The van der Waals surface area contributed by atoms with Gasteiger partial charge in [0.1, 0.15) is 0 Å². The maximum Gasteiger partial charge on any atom is 0.446 e. The molecule has 0 bridgehead atoms. The Balaban J connectivity index is 2.92. The van der Waals surface area contributed by atoms with E-state index in [2.05, 4.69) is 4.98 Å². The molecule has 4 N–H and O–H groups in total. The molecule has 5 nitrogen and oxygen atoms in total. The third-order valence-corrected chi connectivity index (χ3v) is 3.45. The monoisotopic (exact) mass is 338 g/mol. The number of hydrogen-bond donors (Lipinski definition) is 2. The first kappa shape index (κ1) is 15.5. The predicted molar refractivity (Wildman–Crippen MR) is 72.5 cm³/mol. The minimum absolute atomic E-state index is 0.0102. The lowest BCUT2D eigenvalue weighted by Gasteiger charge is -2.19. The fourth-order valence-electron chi connectivity index (χ4n) is 1.78. The van der Waals surface area contributed by atoms with Crippen LogP contribution in [0.2, 0.25) is 10.0 Å². The van der Waals surface area contributed by atoms with Crippen molar-refractivity contribution in [2.75, 3.05) is 11.5 Å². The van der Waals surface area contributed by atoms with E-state index in [1.807, 2.05) is 0 Å². The normalized spacial score (nSPS) is 11.7. The van der Waals surface area contributed by atoms with E-state index in [4.69, 9.17) is 34.7 Å². The van der Waals surface area contributed by atoms with Gasteiger partial charge in [-0.3, -0.25) is 5.73 Å². The second-order valence-electron chi connectivity index (χ2n) is 3.97. The summed E-state index contributed by atoms with van der Waals surface area (Å²) in [4.78, 5) is 3.40. The van der Waals surface area contributed by atoms with Crippen molar-refractivity contribution in [3.05, 3.63) is 39.1 Å². The lowest BCUT2D eigenvalue weighted by atomic mass is 10.0. The van der Waals surface area contributed by atoms with Crippen LogP contribution in [0.5, 0.6) is 0 Å². The highest BCUT2D eigenvalue weighted by Gasteiger charge is 2.42. The zero-order valence-electron chi connectivity index (χ0n) is 10.1. The van der Waals surface area contributed by atoms with Crippen molar-refractivity contribution in [3.63, 3.8) is 0 Å². The van der Waals surface area contributed by atoms with Crippen molar-refractivity contribution in [1.29, 1.82) is 0 Å². The third kappa shape index (κ3) is 2.64. The molecule has 0 saturated heterocycles.